The van der Waals surface area contributed by atoms with Crippen LogP contribution in [0.4, 0.5) is 0 Å². The van der Waals surface area contributed by atoms with E-state index in [2.05, 4.69) is 18.4 Å². The summed E-state index contributed by atoms with van der Waals surface area (Å²) < 4.78 is 0. The second-order valence-corrected chi connectivity index (χ2v) is 2.62. The first-order valence-corrected chi connectivity index (χ1v) is 3.63. The Bertz CT molecular complexity index is 179. The van der Waals surface area contributed by atoms with Crippen molar-refractivity contribution in [1.29, 1.82) is 0 Å². The zero-order valence-corrected chi connectivity index (χ0v) is 6.06. The second kappa shape index (κ2) is 3.43. The minimum atomic E-state index is 0.165. The van der Waals surface area contributed by atoms with Crippen molar-refractivity contribution in [2.45, 2.75) is 19.3 Å². The molecule has 1 aliphatic carbocycles. The van der Waals surface area contributed by atoms with E-state index in [-0.39, 0.29) is 6.61 Å². The van der Waals surface area contributed by atoms with E-state index in [0.717, 1.165) is 5.57 Å². The van der Waals surface area contributed by atoms with Crippen molar-refractivity contribution in [3.8, 4) is 11.8 Å². The number of hydrogen-bond acceptors (Lipinski definition) is 1. The molecule has 0 radical (unpaired) electrons. The third kappa shape index (κ3) is 2.70. The Balaban J connectivity index is 2.23. The summed E-state index contributed by atoms with van der Waals surface area (Å²) in [5.74, 6) is 6.66. The fourth-order valence-corrected chi connectivity index (χ4v) is 0.629. The van der Waals surface area contributed by atoms with E-state index >= 15 is 0 Å². The van der Waals surface area contributed by atoms with E-state index in [1.807, 2.05) is 0 Å². The average molecular weight is 136 g/mol. The Morgan fingerprint density at radius 3 is 2.80 bits per heavy atom. The number of aliphatic hydroxyl groups is 1. The summed E-state index contributed by atoms with van der Waals surface area (Å²) in [7, 11) is 0. The van der Waals surface area contributed by atoms with Crippen LogP contribution in [0.1, 0.15) is 19.3 Å². The van der Waals surface area contributed by atoms with E-state index < -0.39 is 0 Å². The van der Waals surface area contributed by atoms with E-state index in [4.69, 9.17) is 5.11 Å². The van der Waals surface area contributed by atoms with E-state index in [1.165, 1.54) is 12.8 Å². The molecule has 0 aromatic heterocycles. The van der Waals surface area contributed by atoms with Gasteiger partial charge in [0.25, 0.3) is 0 Å². The summed E-state index contributed by atoms with van der Waals surface area (Å²) in [4.78, 5) is 0. The highest BCUT2D eigenvalue weighted by atomic mass is 16.2. The molecule has 1 heteroatoms. The van der Waals surface area contributed by atoms with E-state index in [0.29, 0.717) is 12.3 Å². The molecule has 54 valence electrons. The predicted octanol–water partition coefficient (Wildman–Crippen LogP) is 1.34. The normalized spacial score (nSPS) is 15.7. The molecular formula is C9H12O. The van der Waals surface area contributed by atoms with Crippen LogP contribution in [-0.2, 0) is 0 Å². The van der Waals surface area contributed by atoms with Gasteiger partial charge < -0.3 is 5.11 Å². The van der Waals surface area contributed by atoms with Crippen LogP contribution >= 0.6 is 0 Å². The summed E-state index contributed by atoms with van der Waals surface area (Å²) >= 11 is 0. The molecule has 0 aliphatic heterocycles. The van der Waals surface area contributed by atoms with E-state index in [9.17, 15) is 0 Å². The zero-order chi connectivity index (χ0) is 7.40. The summed E-state index contributed by atoms with van der Waals surface area (Å²) in [5, 5.41) is 8.49. The van der Waals surface area contributed by atoms with Crippen LogP contribution in [-0.4, -0.2) is 11.7 Å². The smallest absolute Gasteiger partial charge is 0.0477 e. The molecule has 0 atom stereocenters. The second-order valence-electron chi connectivity index (χ2n) is 2.62. The molecule has 0 aromatic rings. The molecule has 1 aliphatic rings. The molecule has 0 amide bonds. The van der Waals surface area contributed by atoms with Gasteiger partial charge in [-0.25, -0.2) is 0 Å². The van der Waals surface area contributed by atoms with Gasteiger partial charge in [-0.3, -0.25) is 0 Å². The largest absolute Gasteiger partial charge is 0.396 e. The molecular weight excluding hydrogens is 124 g/mol. The molecule has 1 saturated carbocycles. The first-order chi connectivity index (χ1) is 4.83. The maximum absolute atomic E-state index is 8.49. The lowest BCUT2D eigenvalue weighted by Gasteiger charge is -1.88. The van der Waals surface area contributed by atoms with Crippen molar-refractivity contribution >= 4 is 0 Å². The standard InChI is InChI=1S/C9H12O/c1-8(6-7-10)2-3-9-4-5-9/h9-10H,1,4-7H2. The number of rotatable bonds is 2. The van der Waals surface area contributed by atoms with Crippen molar-refractivity contribution in [2.24, 2.45) is 5.92 Å². The summed E-state index contributed by atoms with van der Waals surface area (Å²) in [6.45, 7) is 3.88. The molecule has 1 fully saturated rings. The van der Waals surface area contributed by atoms with Crippen LogP contribution < -0.4 is 0 Å². The topological polar surface area (TPSA) is 20.2 Å². The lowest BCUT2D eigenvalue weighted by molar-refractivity contribution is 0.301. The SMILES string of the molecule is C=C(C#CC1CC1)CCO. The molecule has 1 N–H and O–H groups in total. The quantitative estimate of drug-likeness (QED) is 0.568. The highest BCUT2D eigenvalue weighted by molar-refractivity contribution is 5.27. The molecule has 0 unspecified atom stereocenters. The zero-order valence-electron chi connectivity index (χ0n) is 6.06. The molecule has 0 saturated heterocycles. The fraction of sp³-hybridized carbons (Fsp3) is 0.556. The third-order valence-corrected chi connectivity index (χ3v) is 1.44. The molecule has 10 heavy (non-hydrogen) atoms. The highest BCUT2D eigenvalue weighted by Crippen LogP contribution is 2.27. The van der Waals surface area contributed by atoms with Gasteiger partial charge in [-0.15, -0.1) is 0 Å². The van der Waals surface area contributed by atoms with E-state index in [1.54, 1.807) is 0 Å². The fourth-order valence-electron chi connectivity index (χ4n) is 0.629. The Morgan fingerprint density at radius 1 is 1.60 bits per heavy atom. The average Bonchev–Trinajstić information content (AvgIpc) is 2.67. The van der Waals surface area contributed by atoms with Crippen molar-refractivity contribution in [3.05, 3.63) is 12.2 Å². The minimum Gasteiger partial charge on any atom is -0.396 e. The van der Waals surface area contributed by atoms with Gasteiger partial charge >= 0.3 is 0 Å². The van der Waals surface area contributed by atoms with Gasteiger partial charge in [0, 0.05) is 18.9 Å². The predicted molar refractivity (Wildman–Crippen MR) is 41.3 cm³/mol. The van der Waals surface area contributed by atoms with Gasteiger partial charge in [-0.2, -0.15) is 0 Å². The van der Waals surface area contributed by atoms with Gasteiger partial charge in [-0.05, 0) is 18.4 Å². The monoisotopic (exact) mass is 136 g/mol. The van der Waals surface area contributed by atoms with Gasteiger partial charge in [0.05, 0.1) is 0 Å². The number of aliphatic hydroxyl groups excluding tert-OH is 1. The molecule has 1 rings (SSSR count). The summed E-state index contributed by atoms with van der Waals surface area (Å²) in [5.41, 5.74) is 0.856. The van der Waals surface area contributed by atoms with Gasteiger partial charge in [0.2, 0.25) is 0 Å². The summed E-state index contributed by atoms with van der Waals surface area (Å²) in [6.07, 6.45) is 3.12. The van der Waals surface area contributed by atoms with Crippen LogP contribution in [0.2, 0.25) is 0 Å². The molecule has 0 heterocycles. The van der Waals surface area contributed by atoms with Crippen LogP contribution in [0.5, 0.6) is 0 Å². The lowest BCUT2D eigenvalue weighted by Crippen LogP contribution is -1.83. The third-order valence-electron chi connectivity index (χ3n) is 1.44. The van der Waals surface area contributed by atoms with Crippen LogP contribution in [0, 0.1) is 17.8 Å². The molecule has 0 aromatic carbocycles. The van der Waals surface area contributed by atoms with Crippen molar-refractivity contribution < 1.29 is 5.11 Å². The van der Waals surface area contributed by atoms with Gasteiger partial charge in [-0.1, -0.05) is 18.4 Å². The van der Waals surface area contributed by atoms with Gasteiger partial charge in [0.15, 0.2) is 0 Å². The van der Waals surface area contributed by atoms with Crippen molar-refractivity contribution in [2.75, 3.05) is 6.61 Å². The van der Waals surface area contributed by atoms with Gasteiger partial charge in [0.1, 0.15) is 0 Å². The molecule has 0 bridgehead atoms. The van der Waals surface area contributed by atoms with Crippen molar-refractivity contribution in [1.82, 2.24) is 0 Å². The Hall–Kier alpha value is -0.740. The maximum atomic E-state index is 8.49. The Labute approximate surface area is 61.8 Å². The maximum Gasteiger partial charge on any atom is 0.0477 e. The minimum absolute atomic E-state index is 0.165. The summed E-state index contributed by atoms with van der Waals surface area (Å²) in [6, 6.07) is 0. The lowest BCUT2D eigenvalue weighted by atomic mass is 10.2. The first kappa shape index (κ1) is 7.37. The Kier molecular flexibility index (Phi) is 2.53. The van der Waals surface area contributed by atoms with Crippen molar-refractivity contribution in [3.63, 3.8) is 0 Å². The highest BCUT2D eigenvalue weighted by Gasteiger charge is 2.17. The van der Waals surface area contributed by atoms with Crippen LogP contribution in [0.3, 0.4) is 0 Å². The molecule has 0 spiro atoms. The molecule has 1 nitrogen and oxygen atoms in total. The van der Waals surface area contributed by atoms with Crippen LogP contribution in [0.15, 0.2) is 12.2 Å². The Morgan fingerprint density at radius 2 is 2.30 bits per heavy atom. The van der Waals surface area contributed by atoms with Crippen LogP contribution in [0.25, 0.3) is 0 Å². The first-order valence-electron chi connectivity index (χ1n) is 3.63. The number of hydrogen-bond donors (Lipinski definition) is 1.